The van der Waals surface area contributed by atoms with Crippen LogP contribution in [0, 0.1) is 12.7 Å². The van der Waals surface area contributed by atoms with Crippen molar-refractivity contribution in [1.29, 1.82) is 0 Å². The van der Waals surface area contributed by atoms with Crippen LogP contribution < -0.4 is 10.6 Å². The maximum atomic E-state index is 13.3. The zero-order valence-electron chi connectivity index (χ0n) is 9.92. The van der Waals surface area contributed by atoms with E-state index in [1.165, 1.54) is 31.7 Å². The first kappa shape index (κ1) is 12.3. The van der Waals surface area contributed by atoms with Crippen molar-refractivity contribution in [3.05, 3.63) is 29.6 Å². The fourth-order valence-electron chi connectivity index (χ4n) is 2.09. The lowest BCUT2D eigenvalue weighted by molar-refractivity contribution is 0.619. The highest BCUT2D eigenvalue weighted by molar-refractivity contribution is 7.80. The molecule has 1 aromatic rings. The Bertz CT molecular complexity index is 414. The van der Waals surface area contributed by atoms with Gasteiger partial charge in [-0.05, 0) is 49.7 Å². The summed E-state index contributed by atoms with van der Waals surface area (Å²) in [6, 6.07) is 5.53. The van der Waals surface area contributed by atoms with Gasteiger partial charge in [0.15, 0.2) is 5.11 Å². The number of rotatable bonds is 2. The second-order valence-electron chi connectivity index (χ2n) is 4.54. The van der Waals surface area contributed by atoms with Gasteiger partial charge in [-0.2, -0.15) is 0 Å². The SMILES string of the molecule is Cc1ccc(NC(=S)NC2CCCC2)cc1F. The summed E-state index contributed by atoms with van der Waals surface area (Å²) < 4.78 is 13.3. The summed E-state index contributed by atoms with van der Waals surface area (Å²) in [6.45, 7) is 1.74. The molecule has 0 radical (unpaired) electrons. The molecule has 0 atom stereocenters. The van der Waals surface area contributed by atoms with Gasteiger partial charge < -0.3 is 10.6 Å². The zero-order valence-corrected chi connectivity index (χ0v) is 10.7. The summed E-state index contributed by atoms with van der Waals surface area (Å²) in [7, 11) is 0. The molecule has 2 N–H and O–H groups in total. The Morgan fingerprint density at radius 1 is 1.35 bits per heavy atom. The van der Waals surface area contributed by atoms with Crippen LogP contribution in [-0.2, 0) is 0 Å². The van der Waals surface area contributed by atoms with Crippen molar-refractivity contribution in [3.8, 4) is 0 Å². The number of hydrogen-bond acceptors (Lipinski definition) is 1. The fourth-order valence-corrected chi connectivity index (χ4v) is 2.38. The minimum atomic E-state index is -0.210. The highest BCUT2D eigenvalue weighted by Gasteiger charge is 2.15. The van der Waals surface area contributed by atoms with Crippen molar-refractivity contribution in [2.45, 2.75) is 38.6 Å². The molecule has 0 heterocycles. The monoisotopic (exact) mass is 252 g/mol. The van der Waals surface area contributed by atoms with E-state index in [0.29, 0.717) is 22.4 Å². The van der Waals surface area contributed by atoms with Gasteiger partial charge in [0.25, 0.3) is 0 Å². The molecule has 0 spiro atoms. The molecule has 1 fully saturated rings. The lowest BCUT2D eigenvalue weighted by atomic mass is 10.2. The van der Waals surface area contributed by atoms with Crippen LogP contribution >= 0.6 is 12.2 Å². The maximum Gasteiger partial charge on any atom is 0.170 e. The second-order valence-corrected chi connectivity index (χ2v) is 4.95. The van der Waals surface area contributed by atoms with Crippen LogP contribution in [0.15, 0.2) is 18.2 Å². The molecular formula is C13H17FN2S. The minimum Gasteiger partial charge on any atom is -0.360 e. The topological polar surface area (TPSA) is 24.1 Å². The van der Waals surface area contributed by atoms with E-state index >= 15 is 0 Å². The molecule has 2 nitrogen and oxygen atoms in total. The first-order chi connectivity index (χ1) is 8.15. The van der Waals surface area contributed by atoms with Crippen LogP contribution in [0.3, 0.4) is 0 Å². The molecule has 17 heavy (non-hydrogen) atoms. The Labute approximate surface area is 107 Å². The van der Waals surface area contributed by atoms with Crippen LogP contribution in [0.4, 0.5) is 10.1 Å². The number of thiocarbonyl (C=S) groups is 1. The van der Waals surface area contributed by atoms with Gasteiger partial charge in [0.2, 0.25) is 0 Å². The largest absolute Gasteiger partial charge is 0.360 e. The molecular weight excluding hydrogens is 235 g/mol. The Balaban J connectivity index is 1.90. The average Bonchev–Trinajstić information content (AvgIpc) is 2.76. The number of benzene rings is 1. The predicted octanol–water partition coefficient (Wildman–Crippen LogP) is 3.36. The molecule has 1 aromatic carbocycles. The first-order valence-corrected chi connectivity index (χ1v) is 6.39. The van der Waals surface area contributed by atoms with E-state index in [2.05, 4.69) is 10.6 Å². The number of anilines is 1. The summed E-state index contributed by atoms with van der Waals surface area (Å²) in [5, 5.41) is 6.86. The maximum absolute atomic E-state index is 13.3. The van der Waals surface area contributed by atoms with E-state index in [1.54, 1.807) is 13.0 Å². The van der Waals surface area contributed by atoms with Crippen molar-refractivity contribution in [2.75, 3.05) is 5.32 Å². The van der Waals surface area contributed by atoms with Crippen molar-refractivity contribution in [1.82, 2.24) is 5.32 Å². The third kappa shape index (κ3) is 3.40. The zero-order chi connectivity index (χ0) is 12.3. The van der Waals surface area contributed by atoms with Gasteiger partial charge >= 0.3 is 0 Å². The molecule has 0 unspecified atom stereocenters. The van der Waals surface area contributed by atoms with Crippen LogP contribution in [0.5, 0.6) is 0 Å². The van der Waals surface area contributed by atoms with Crippen LogP contribution in [0.25, 0.3) is 0 Å². The fraction of sp³-hybridized carbons (Fsp3) is 0.462. The Hall–Kier alpha value is -1.16. The number of nitrogens with one attached hydrogen (secondary N) is 2. The summed E-state index contributed by atoms with van der Waals surface area (Å²) in [6.07, 6.45) is 4.87. The normalized spacial score (nSPS) is 15.9. The number of hydrogen-bond donors (Lipinski definition) is 2. The lowest BCUT2D eigenvalue weighted by Gasteiger charge is -2.15. The van der Waals surface area contributed by atoms with Gasteiger partial charge in [0, 0.05) is 11.7 Å². The van der Waals surface area contributed by atoms with Gasteiger partial charge in [-0.1, -0.05) is 18.9 Å². The summed E-state index contributed by atoms with van der Waals surface area (Å²) in [5.41, 5.74) is 1.34. The van der Waals surface area contributed by atoms with Crippen molar-refractivity contribution in [3.63, 3.8) is 0 Å². The smallest absolute Gasteiger partial charge is 0.170 e. The molecule has 1 saturated carbocycles. The molecule has 4 heteroatoms. The van der Waals surface area contributed by atoms with Gasteiger partial charge in [0.1, 0.15) is 5.82 Å². The average molecular weight is 252 g/mol. The molecule has 92 valence electrons. The molecule has 1 aliphatic carbocycles. The second kappa shape index (κ2) is 5.45. The van der Waals surface area contributed by atoms with Gasteiger partial charge in [-0.15, -0.1) is 0 Å². The van der Waals surface area contributed by atoms with Crippen LogP contribution in [0.1, 0.15) is 31.2 Å². The van der Waals surface area contributed by atoms with E-state index in [0.717, 1.165) is 0 Å². The van der Waals surface area contributed by atoms with E-state index < -0.39 is 0 Å². The highest BCUT2D eigenvalue weighted by Crippen LogP contribution is 2.18. The quantitative estimate of drug-likeness (QED) is 0.789. The van der Waals surface area contributed by atoms with Crippen molar-refractivity contribution in [2.24, 2.45) is 0 Å². The van der Waals surface area contributed by atoms with E-state index in [-0.39, 0.29) is 5.82 Å². The Morgan fingerprint density at radius 3 is 2.71 bits per heavy atom. The van der Waals surface area contributed by atoms with E-state index in [4.69, 9.17) is 12.2 Å². The van der Waals surface area contributed by atoms with Gasteiger partial charge in [-0.3, -0.25) is 0 Å². The Morgan fingerprint density at radius 2 is 2.06 bits per heavy atom. The lowest BCUT2D eigenvalue weighted by Crippen LogP contribution is -2.35. The summed E-state index contributed by atoms with van der Waals surface area (Å²) in [5.74, 6) is -0.210. The first-order valence-electron chi connectivity index (χ1n) is 5.99. The third-order valence-electron chi connectivity index (χ3n) is 3.12. The molecule has 1 aliphatic rings. The summed E-state index contributed by atoms with van der Waals surface area (Å²) in [4.78, 5) is 0. The standard InChI is InChI=1S/C13H17FN2S/c1-9-6-7-11(8-12(9)14)16-13(17)15-10-4-2-3-5-10/h6-8,10H,2-5H2,1H3,(H2,15,16,17). The molecule has 2 rings (SSSR count). The third-order valence-corrected chi connectivity index (χ3v) is 3.34. The predicted molar refractivity (Wildman–Crippen MR) is 72.7 cm³/mol. The number of aryl methyl sites for hydroxylation is 1. The van der Waals surface area contributed by atoms with Crippen LogP contribution in [0.2, 0.25) is 0 Å². The summed E-state index contributed by atoms with van der Waals surface area (Å²) >= 11 is 5.20. The molecule has 0 amide bonds. The molecule has 0 aliphatic heterocycles. The molecule has 0 saturated heterocycles. The van der Waals surface area contributed by atoms with Crippen molar-refractivity contribution < 1.29 is 4.39 Å². The minimum absolute atomic E-state index is 0.210. The van der Waals surface area contributed by atoms with E-state index in [1.807, 2.05) is 6.07 Å². The van der Waals surface area contributed by atoms with Crippen molar-refractivity contribution >= 4 is 23.0 Å². The van der Waals surface area contributed by atoms with Crippen LogP contribution in [-0.4, -0.2) is 11.2 Å². The highest BCUT2D eigenvalue weighted by atomic mass is 32.1. The van der Waals surface area contributed by atoms with Gasteiger partial charge in [0.05, 0.1) is 0 Å². The molecule has 0 aromatic heterocycles. The van der Waals surface area contributed by atoms with Gasteiger partial charge in [-0.25, -0.2) is 4.39 Å². The van der Waals surface area contributed by atoms with E-state index in [9.17, 15) is 4.39 Å². The Kier molecular flexibility index (Phi) is 3.94. The molecule has 0 bridgehead atoms. The number of halogens is 1.